The third kappa shape index (κ3) is 5.03. The van der Waals surface area contributed by atoms with Crippen molar-refractivity contribution in [2.24, 2.45) is 0 Å². The normalized spacial score (nSPS) is 11.2. The highest BCUT2D eigenvalue weighted by Crippen LogP contribution is 2.25. The first kappa shape index (κ1) is 21.0. The van der Waals surface area contributed by atoms with Crippen LogP contribution in [0.2, 0.25) is 0 Å². The van der Waals surface area contributed by atoms with E-state index in [1.165, 1.54) is 5.56 Å². The average molecular weight is 393 g/mol. The molecule has 1 amide bonds. The van der Waals surface area contributed by atoms with Gasteiger partial charge in [-0.05, 0) is 38.8 Å². The van der Waals surface area contributed by atoms with Crippen molar-refractivity contribution >= 4 is 11.6 Å². The van der Waals surface area contributed by atoms with Gasteiger partial charge in [0.05, 0.1) is 23.5 Å². The van der Waals surface area contributed by atoms with E-state index in [4.69, 9.17) is 4.98 Å². The summed E-state index contributed by atoms with van der Waals surface area (Å²) in [5.74, 6) is 0.158. The molecule has 0 fully saturated rings. The molecule has 0 atom stereocenters. The summed E-state index contributed by atoms with van der Waals surface area (Å²) in [6.07, 6.45) is 4.55. The minimum absolute atomic E-state index is 0.158. The van der Waals surface area contributed by atoms with E-state index >= 15 is 0 Å². The monoisotopic (exact) mass is 392 g/mol. The number of nitrogens with zero attached hydrogens (tertiary/aromatic N) is 4. The van der Waals surface area contributed by atoms with Crippen LogP contribution in [0.15, 0.2) is 36.4 Å². The van der Waals surface area contributed by atoms with Crippen LogP contribution in [0.4, 0.5) is 0 Å². The molecule has 2 heterocycles. The lowest BCUT2D eigenvalue weighted by molar-refractivity contribution is -0.130. The maximum atomic E-state index is 13.2. The van der Waals surface area contributed by atoms with Crippen LogP contribution >= 0.6 is 0 Å². The van der Waals surface area contributed by atoms with Gasteiger partial charge in [-0.2, -0.15) is 5.10 Å². The van der Waals surface area contributed by atoms with Crippen LogP contribution in [0.25, 0.3) is 16.9 Å². The molecular formula is C24H32N4O. The highest BCUT2D eigenvalue weighted by atomic mass is 16.2. The summed E-state index contributed by atoms with van der Waals surface area (Å²) < 4.78 is 1.85. The zero-order valence-electron chi connectivity index (χ0n) is 18.1. The molecule has 0 unspecified atom stereocenters. The van der Waals surface area contributed by atoms with Crippen LogP contribution < -0.4 is 0 Å². The Hall–Kier alpha value is -2.69. The first-order chi connectivity index (χ1) is 14.0. The Morgan fingerprint density at radius 2 is 1.62 bits per heavy atom. The van der Waals surface area contributed by atoms with E-state index in [2.05, 4.69) is 50.1 Å². The van der Waals surface area contributed by atoms with Crippen LogP contribution in [-0.2, 0) is 11.2 Å². The minimum atomic E-state index is 0.158. The van der Waals surface area contributed by atoms with E-state index in [1.54, 1.807) is 0 Å². The average Bonchev–Trinajstić information content (AvgIpc) is 3.06. The smallest absolute Gasteiger partial charge is 0.228 e. The molecule has 0 bridgehead atoms. The number of imidazole rings is 1. The maximum Gasteiger partial charge on any atom is 0.228 e. The van der Waals surface area contributed by atoms with E-state index in [-0.39, 0.29) is 5.91 Å². The van der Waals surface area contributed by atoms with Gasteiger partial charge in [-0.3, -0.25) is 4.79 Å². The molecule has 0 spiro atoms. The number of unbranched alkanes of at least 4 members (excludes halogenated alkanes) is 2. The van der Waals surface area contributed by atoms with Crippen molar-refractivity contribution in [1.82, 2.24) is 19.5 Å². The maximum absolute atomic E-state index is 13.2. The van der Waals surface area contributed by atoms with Crippen molar-refractivity contribution < 1.29 is 4.79 Å². The van der Waals surface area contributed by atoms with Gasteiger partial charge in [0.1, 0.15) is 0 Å². The Kier molecular flexibility index (Phi) is 7.02. The van der Waals surface area contributed by atoms with Crippen molar-refractivity contribution in [1.29, 1.82) is 0 Å². The number of benzene rings is 1. The molecule has 1 aromatic carbocycles. The zero-order valence-corrected chi connectivity index (χ0v) is 18.1. The van der Waals surface area contributed by atoms with Crippen LogP contribution in [0.1, 0.15) is 56.5 Å². The molecule has 0 aliphatic rings. The molecule has 154 valence electrons. The van der Waals surface area contributed by atoms with Crippen LogP contribution in [-0.4, -0.2) is 38.5 Å². The molecule has 29 heavy (non-hydrogen) atoms. The van der Waals surface area contributed by atoms with Gasteiger partial charge >= 0.3 is 0 Å². The molecule has 0 saturated carbocycles. The van der Waals surface area contributed by atoms with Crippen molar-refractivity contribution in [3.8, 4) is 11.3 Å². The van der Waals surface area contributed by atoms with Crippen molar-refractivity contribution in [2.45, 2.75) is 59.8 Å². The first-order valence-corrected chi connectivity index (χ1v) is 10.7. The molecule has 0 aliphatic carbocycles. The van der Waals surface area contributed by atoms with Gasteiger partial charge in [-0.15, -0.1) is 0 Å². The topological polar surface area (TPSA) is 50.5 Å². The Morgan fingerprint density at radius 3 is 2.24 bits per heavy atom. The fraction of sp³-hybridized carbons (Fsp3) is 0.458. The Bertz CT molecular complexity index is 951. The van der Waals surface area contributed by atoms with Crippen LogP contribution in [0.3, 0.4) is 0 Å². The van der Waals surface area contributed by atoms with Gasteiger partial charge in [-0.25, -0.2) is 9.50 Å². The predicted molar refractivity (Wildman–Crippen MR) is 118 cm³/mol. The Labute approximate surface area is 173 Å². The summed E-state index contributed by atoms with van der Waals surface area (Å²) in [4.78, 5) is 20.1. The molecule has 3 rings (SSSR count). The summed E-state index contributed by atoms with van der Waals surface area (Å²) >= 11 is 0. The fourth-order valence-corrected chi connectivity index (χ4v) is 3.49. The number of rotatable bonds is 9. The third-order valence-corrected chi connectivity index (χ3v) is 5.26. The highest BCUT2D eigenvalue weighted by Gasteiger charge is 2.21. The van der Waals surface area contributed by atoms with Crippen molar-refractivity contribution in [2.75, 3.05) is 13.1 Å². The predicted octanol–water partition coefficient (Wildman–Crippen LogP) is 4.98. The van der Waals surface area contributed by atoms with Gasteiger partial charge in [0, 0.05) is 18.7 Å². The quantitative estimate of drug-likeness (QED) is 0.516. The summed E-state index contributed by atoms with van der Waals surface area (Å²) in [5, 5.41) is 4.66. The lowest BCUT2D eigenvalue weighted by Crippen LogP contribution is -2.34. The van der Waals surface area contributed by atoms with E-state index in [0.717, 1.165) is 67.1 Å². The molecule has 0 saturated heterocycles. The van der Waals surface area contributed by atoms with Gasteiger partial charge in [0.25, 0.3) is 0 Å². The molecule has 5 heteroatoms. The molecule has 0 aliphatic heterocycles. The van der Waals surface area contributed by atoms with E-state index in [1.807, 2.05) is 28.5 Å². The number of carbonyl (C=O) groups is 1. The van der Waals surface area contributed by atoms with E-state index < -0.39 is 0 Å². The number of carbonyl (C=O) groups excluding carboxylic acids is 1. The van der Waals surface area contributed by atoms with Crippen LogP contribution in [0, 0.1) is 13.8 Å². The number of hydrogen-bond acceptors (Lipinski definition) is 3. The summed E-state index contributed by atoms with van der Waals surface area (Å²) in [6.45, 7) is 9.99. The summed E-state index contributed by atoms with van der Waals surface area (Å²) in [5.41, 5.74) is 5.64. The Balaban J connectivity index is 1.99. The number of amides is 1. The SMILES string of the molecule is CCCCN(CCCC)C(=O)Cc1c(-c2ccc(C)cc2)nc2ccc(C)nn12. The molecular weight excluding hydrogens is 360 g/mol. The second-order valence-corrected chi connectivity index (χ2v) is 7.78. The van der Waals surface area contributed by atoms with Gasteiger partial charge in [-0.1, -0.05) is 56.5 Å². The second kappa shape index (κ2) is 9.68. The number of hydrogen-bond donors (Lipinski definition) is 0. The van der Waals surface area contributed by atoms with E-state index in [9.17, 15) is 4.79 Å². The molecule has 5 nitrogen and oxygen atoms in total. The lowest BCUT2D eigenvalue weighted by Gasteiger charge is -2.22. The summed E-state index contributed by atoms with van der Waals surface area (Å²) in [6, 6.07) is 12.2. The summed E-state index contributed by atoms with van der Waals surface area (Å²) in [7, 11) is 0. The van der Waals surface area contributed by atoms with Gasteiger partial charge in [0.15, 0.2) is 5.65 Å². The van der Waals surface area contributed by atoms with E-state index in [0.29, 0.717) is 6.42 Å². The lowest BCUT2D eigenvalue weighted by atomic mass is 10.1. The fourth-order valence-electron chi connectivity index (χ4n) is 3.49. The second-order valence-electron chi connectivity index (χ2n) is 7.78. The third-order valence-electron chi connectivity index (χ3n) is 5.26. The molecule has 2 aromatic heterocycles. The number of aryl methyl sites for hydroxylation is 2. The zero-order chi connectivity index (χ0) is 20.8. The van der Waals surface area contributed by atoms with Gasteiger partial charge in [0.2, 0.25) is 5.91 Å². The minimum Gasteiger partial charge on any atom is -0.342 e. The Morgan fingerprint density at radius 1 is 0.966 bits per heavy atom. The van der Waals surface area contributed by atoms with Crippen LogP contribution in [0.5, 0.6) is 0 Å². The first-order valence-electron chi connectivity index (χ1n) is 10.7. The number of fused-ring (bicyclic) bond motifs is 1. The standard InChI is InChI=1S/C24H32N4O/c1-5-7-15-27(16-8-6-2)23(29)17-21-24(20-12-9-18(3)10-13-20)25-22-14-11-19(4)26-28(21)22/h9-14H,5-8,15-17H2,1-4H3. The highest BCUT2D eigenvalue weighted by molar-refractivity contribution is 5.81. The van der Waals surface area contributed by atoms with Crippen molar-refractivity contribution in [3.63, 3.8) is 0 Å². The molecule has 0 radical (unpaired) electrons. The van der Waals surface area contributed by atoms with Gasteiger partial charge < -0.3 is 4.90 Å². The largest absolute Gasteiger partial charge is 0.342 e. The molecule has 3 aromatic rings. The van der Waals surface area contributed by atoms with Crippen molar-refractivity contribution in [3.05, 3.63) is 53.3 Å². The molecule has 0 N–H and O–H groups in total. The number of aromatic nitrogens is 3.